The van der Waals surface area contributed by atoms with Crippen LogP contribution in [0.2, 0.25) is 0 Å². The smallest absolute Gasteiger partial charge is 0.157 e. The van der Waals surface area contributed by atoms with Gasteiger partial charge in [0.15, 0.2) is 11.5 Å². The van der Waals surface area contributed by atoms with Crippen molar-refractivity contribution in [1.29, 1.82) is 0 Å². The van der Waals surface area contributed by atoms with Crippen molar-refractivity contribution in [2.24, 2.45) is 0 Å². The van der Waals surface area contributed by atoms with Gasteiger partial charge < -0.3 is 10.2 Å². The maximum atomic E-state index is 6.01. The largest absolute Gasteiger partial charge is 0.454 e. The van der Waals surface area contributed by atoms with Crippen LogP contribution < -0.4 is 5.73 Å². The summed E-state index contributed by atoms with van der Waals surface area (Å²) in [5.41, 5.74) is 8.17. The Hall–Kier alpha value is -1.75. The summed E-state index contributed by atoms with van der Waals surface area (Å²) in [4.78, 5) is 0. The van der Waals surface area contributed by atoms with Crippen LogP contribution in [0.5, 0.6) is 0 Å². The van der Waals surface area contributed by atoms with Crippen LogP contribution in [0.4, 0.5) is 5.69 Å². The summed E-state index contributed by atoms with van der Waals surface area (Å²) >= 11 is 3.45. The lowest BCUT2D eigenvalue weighted by molar-refractivity contribution is 0.531. The first-order chi connectivity index (χ1) is 9.04. The average Bonchev–Trinajstić information content (AvgIpc) is 2.91. The number of hydrogen-bond acceptors (Lipinski definition) is 3. The first-order valence-electron chi connectivity index (χ1n) is 6.08. The number of nitrogens with zero attached hydrogens (tertiary/aromatic N) is 2. The van der Waals surface area contributed by atoms with E-state index in [1.54, 1.807) is 0 Å². The molecular formula is C14H14BrN3O. The molecule has 0 aliphatic rings. The van der Waals surface area contributed by atoms with Crippen LogP contribution in [-0.2, 0) is 0 Å². The first kappa shape index (κ1) is 12.3. The highest BCUT2D eigenvalue weighted by Crippen LogP contribution is 2.32. The molecule has 0 aliphatic carbocycles. The fraction of sp³-hybridized carbons (Fsp3) is 0.214. The molecular weight excluding hydrogens is 306 g/mol. The average molecular weight is 320 g/mol. The molecule has 3 aromatic rings. The van der Waals surface area contributed by atoms with Crippen molar-refractivity contribution in [3.8, 4) is 11.5 Å². The van der Waals surface area contributed by atoms with E-state index in [0.29, 0.717) is 17.1 Å². The van der Waals surface area contributed by atoms with Crippen molar-refractivity contribution in [3.05, 3.63) is 34.9 Å². The second-order valence-electron chi connectivity index (χ2n) is 4.80. The standard InChI is InChI=1S/C14H14BrN3O/c1-8(2)18-7-11(16)14(17-18)13-6-9-5-10(15)3-4-12(9)19-13/h3-8H,16H2,1-2H3. The zero-order valence-electron chi connectivity index (χ0n) is 10.7. The molecule has 2 heterocycles. The predicted octanol–water partition coefficient (Wildman–Crippen LogP) is 4.22. The lowest BCUT2D eigenvalue weighted by Gasteiger charge is -2.02. The van der Waals surface area contributed by atoms with Crippen molar-refractivity contribution in [3.63, 3.8) is 0 Å². The van der Waals surface area contributed by atoms with Crippen LogP contribution in [0.25, 0.3) is 22.4 Å². The maximum Gasteiger partial charge on any atom is 0.157 e. The molecule has 2 N–H and O–H groups in total. The molecule has 0 saturated carbocycles. The topological polar surface area (TPSA) is 57.0 Å². The molecule has 0 radical (unpaired) electrons. The molecule has 5 heteroatoms. The van der Waals surface area contributed by atoms with Gasteiger partial charge in [-0.05, 0) is 38.1 Å². The number of hydrogen-bond donors (Lipinski definition) is 1. The Labute approximate surface area is 119 Å². The number of anilines is 1. The number of halogens is 1. The third kappa shape index (κ3) is 2.14. The van der Waals surface area contributed by atoms with Gasteiger partial charge in [0, 0.05) is 22.1 Å². The van der Waals surface area contributed by atoms with E-state index in [1.807, 2.05) is 35.1 Å². The normalized spacial score (nSPS) is 11.6. The number of nitrogens with two attached hydrogens (primary N) is 1. The lowest BCUT2D eigenvalue weighted by Crippen LogP contribution is -2.00. The second kappa shape index (κ2) is 4.42. The van der Waals surface area contributed by atoms with Gasteiger partial charge in [0.2, 0.25) is 0 Å². The quantitative estimate of drug-likeness (QED) is 0.769. The first-order valence-corrected chi connectivity index (χ1v) is 6.88. The van der Waals surface area contributed by atoms with E-state index in [4.69, 9.17) is 10.2 Å². The molecule has 0 spiro atoms. The van der Waals surface area contributed by atoms with Crippen LogP contribution in [-0.4, -0.2) is 9.78 Å². The minimum absolute atomic E-state index is 0.273. The molecule has 0 fully saturated rings. The van der Waals surface area contributed by atoms with Gasteiger partial charge in [0.25, 0.3) is 0 Å². The number of furan rings is 1. The summed E-state index contributed by atoms with van der Waals surface area (Å²) in [6.07, 6.45) is 1.84. The molecule has 0 aliphatic heterocycles. The van der Waals surface area contributed by atoms with Crippen LogP contribution >= 0.6 is 15.9 Å². The van der Waals surface area contributed by atoms with Crippen LogP contribution in [0.1, 0.15) is 19.9 Å². The van der Waals surface area contributed by atoms with Crippen molar-refractivity contribution < 1.29 is 4.42 Å². The molecule has 0 atom stereocenters. The van der Waals surface area contributed by atoms with Crippen LogP contribution in [0, 0.1) is 0 Å². The van der Waals surface area contributed by atoms with Crippen LogP contribution in [0.15, 0.2) is 39.4 Å². The molecule has 0 bridgehead atoms. The zero-order valence-corrected chi connectivity index (χ0v) is 12.3. The van der Waals surface area contributed by atoms with E-state index in [9.17, 15) is 0 Å². The number of aromatic nitrogens is 2. The van der Waals surface area contributed by atoms with Gasteiger partial charge in [0.05, 0.1) is 5.69 Å². The summed E-state index contributed by atoms with van der Waals surface area (Å²) < 4.78 is 8.67. The van der Waals surface area contributed by atoms with Gasteiger partial charge in [0.1, 0.15) is 5.58 Å². The summed E-state index contributed by atoms with van der Waals surface area (Å²) in [5, 5.41) is 5.51. The molecule has 4 nitrogen and oxygen atoms in total. The Morgan fingerprint density at radius 3 is 2.79 bits per heavy atom. The van der Waals surface area contributed by atoms with E-state index in [1.165, 1.54) is 0 Å². The Kier molecular flexibility index (Phi) is 2.86. The lowest BCUT2D eigenvalue weighted by atomic mass is 10.2. The van der Waals surface area contributed by atoms with Crippen LogP contribution in [0.3, 0.4) is 0 Å². The summed E-state index contributed by atoms with van der Waals surface area (Å²) in [7, 11) is 0. The fourth-order valence-corrected chi connectivity index (χ4v) is 2.37. The number of fused-ring (bicyclic) bond motifs is 1. The molecule has 19 heavy (non-hydrogen) atoms. The summed E-state index contributed by atoms with van der Waals surface area (Å²) in [5.74, 6) is 0.699. The minimum atomic E-state index is 0.273. The van der Waals surface area contributed by atoms with Crippen molar-refractivity contribution in [2.75, 3.05) is 5.73 Å². The monoisotopic (exact) mass is 319 g/mol. The van der Waals surface area contributed by atoms with Crippen molar-refractivity contribution in [2.45, 2.75) is 19.9 Å². The Balaban J connectivity index is 2.13. The van der Waals surface area contributed by atoms with E-state index < -0.39 is 0 Å². The molecule has 3 rings (SSSR count). The van der Waals surface area contributed by atoms with Gasteiger partial charge in [-0.1, -0.05) is 15.9 Å². The highest BCUT2D eigenvalue weighted by atomic mass is 79.9. The predicted molar refractivity (Wildman–Crippen MR) is 79.9 cm³/mol. The van der Waals surface area contributed by atoms with Gasteiger partial charge >= 0.3 is 0 Å². The zero-order chi connectivity index (χ0) is 13.6. The number of rotatable bonds is 2. The van der Waals surface area contributed by atoms with Crippen molar-refractivity contribution in [1.82, 2.24) is 9.78 Å². The van der Waals surface area contributed by atoms with E-state index >= 15 is 0 Å². The van der Waals surface area contributed by atoms with E-state index in [2.05, 4.69) is 34.9 Å². The number of nitrogen functional groups attached to an aromatic ring is 1. The molecule has 0 amide bonds. The third-order valence-electron chi connectivity index (χ3n) is 3.00. The Morgan fingerprint density at radius 1 is 1.32 bits per heavy atom. The number of benzene rings is 1. The van der Waals surface area contributed by atoms with Gasteiger partial charge in [-0.15, -0.1) is 0 Å². The Morgan fingerprint density at radius 2 is 2.11 bits per heavy atom. The third-order valence-corrected chi connectivity index (χ3v) is 3.49. The second-order valence-corrected chi connectivity index (χ2v) is 5.72. The van der Waals surface area contributed by atoms with Crippen molar-refractivity contribution >= 4 is 32.6 Å². The van der Waals surface area contributed by atoms with E-state index in [0.717, 1.165) is 15.4 Å². The molecule has 2 aromatic heterocycles. The SMILES string of the molecule is CC(C)n1cc(N)c(-c2cc3cc(Br)ccc3o2)n1. The van der Waals surface area contributed by atoms with Gasteiger partial charge in [-0.25, -0.2) is 0 Å². The summed E-state index contributed by atoms with van der Waals surface area (Å²) in [6, 6.07) is 8.13. The fourth-order valence-electron chi connectivity index (χ4n) is 1.99. The molecule has 1 aromatic carbocycles. The van der Waals surface area contributed by atoms with Gasteiger partial charge in [-0.2, -0.15) is 5.10 Å². The molecule has 0 saturated heterocycles. The Bertz CT molecular complexity index is 742. The highest BCUT2D eigenvalue weighted by Gasteiger charge is 2.14. The highest BCUT2D eigenvalue weighted by molar-refractivity contribution is 9.10. The minimum Gasteiger partial charge on any atom is -0.454 e. The van der Waals surface area contributed by atoms with Gasteiger partial charge in [-0.3, -0.25) is 4.68 Å². The maximum absolute atomic E-state index is 6.01. The summed E-state index contributed by atoms with van der Waals surface area (Å²) in [6.45, 7) is 4.12. The molecule has 98 valence electrons. The molecule has 0 unspecified atom stereocenters. The van der Waals surface area contributed by atoms with E-state index in [-0.39, 0.29) is 6.04 Å².